The molecule has 25 heavy (non-hydrogen) atoms. The summed E-state index contributed by atoms with van der Waals surface area (Å²) in [6.45, 7) is 2.10. The predicted molar refractivity (Wildman–Crippen MR) is 99.7 cm³/mol. The summed E-state index contributed by atoms with van der Waals surface area (Å²) in [5.41, 5.74) is 2.41. The molecule has 1 heterocycles. The van der Waals surface area contributed by atoms with Gasteiger partial charge in [-0.15, -0.1) is 0 Å². The van der Waals surface area contributed by atoms with Crippen molar-refractivity contribution >= 4 is 22.5 Å². The monoisotopic (exact) mass is 335 g/mol. The molecule has 0 spiro atoms. The maximum Gasteiger partial charge on any atom is 0.261 e. The lowest BCUT2D eigenvalue weighted by Gasteiger charge is -2.09. The molecular weight excluding hydrogens is 314 g/mol. The van der Waals surface area contributed by atoms with Crippen molar-refractivity contribution in [3.05, 3.63) is 70.8 Å². The third-order valence-electron chi connectivity index (χ3n) is 4.10. The molecule has 3 rings (SSSR count). The van der Waals surface area contributed by atoms with Crippen LogP contribution < -0.4 is 10.9 Å². The van der Waals surface area contributed by atoms with Gasteiger partial charge in [-0.3, -0.25) is 14.2 Å². The lowest BCUT2D eigenvalue weighted by Crippen LogP contribution is -2.27. The molecule has 0 saturated carbocycles. The molecule has 128 valence electrons. The minimum Gasteiger partial charge on any atom is -0.325 e. The molecule has 0 radical (unpaired) electrons. The molecule has 1 N–H and O–H groups in total. The van der Waals surface area contributed by atoms with Gasteiger partial charge in [0.2, 0.25) is 5.91 Å². The van der Waals surface area contributed by atoms with Crippen LogP contribution in [0.3, 0.4) is 0 Å². The Morgan fingerprint density at radius 1 is 1.12 bits per heavy atom. The van der Waals surface area contributed by atoms with E-state index in [2.05, 4.69) is 17.2 Å². The normalized spacial score (nSPS) is 10.8. The van der Waals surface area contributed by atoms with E-state index in [1.54, 1.807) is 18.2 Å². The van der Waals surface area contributed by atoms with E-state index in [9.17, 15) is 9.59 Å². The van der Waals surface area contributed by atoms with Gasteiger partial charge in [-0.2, -0.15) is 0 Å². The average Bonchev–Trinajstić information content (AvgIpc) is 2.64. The summed E-state index contributed by atoms with van der Waals surface area (Å²) >= 11 is 0. The highest BCUT2D eigenvalue weighted by atomic mass is 16.2. The van der Waals surface area contributed by atoms with Crippen molar-refractivity contribution in [2.75, 3.05) is 5.32 Å². The van der Waals surface area contributed by atoms with Crippen LogP contribution in [0.5, 0.6) is 0 Å². The van der Waals surface area contributed by atoms with Crippen LogP contribution in [0, 0.1) is 0 Å². The van der Waals surface area contributed by atoms with Crippen molar-refractivity contribution in [1.82, 2.24) is 9.55 Å². The molecule has 1 amide bonds. The summed E-state index contributed by atoms with van der Waals surface area (Å²) in [5, 5.41) is 3.33. The van der Waals surface area contributed by atoms with Crippen LogP contribution in [0.4, 0.5) is 5.69 Å². The third kappa shape index (κ3) is 4.12. The topological polar surface area (TPSA) is 64.0 Å². The fraction of sp³-hybridized carbons (Fsp3) is 0.250. The van der Waals surface area contributed by atoms with E-state index in [-0.39, 0.29) is 18.0 Å². The number of carbonyl (C=O) groups is 1. The van der Waals surface area contributed by atoms with Gasteiger partial charge >= 0.3 is 0 Å². The first-order chi connectivity index (χ1) is 12.2. The molecule has 0 atom stereocenters. The van der Waals surface area contributed by atoms with Crippen LogP contribution in [-0.2, 0) is 17.8 Å². The Kier molecular flexibility index (Phi) is 5.23. The van der Waals surface area contributed by atoms with Gasteiger partial charge in [-0.05, 0) is 42.7 Å². The Hall–Kier alpha value is -2.95. The van der Waals surface area contributed by atoms with Gasteiger partial charge in [0.15, 0.2) is 0 Å². The van der Waals surface area contributed by atoms with Crippen LogP contribution in [-0.4, -0.2) is 15.5 Å². The highest BCUT2D eigenvalue weighted by molar-refractivity contribution is 5.90. The summed E-state index contributed by atoms with van der Waals surface area (Å²) in [6.07, 6.45) is 4.78. The molecule has 0 unspecified atom stereocenters. The van der Waals surface area contributed by atoms with Crippen LogP contribution >= 0.6 is 0 Å². The first-order valence-electron chi connectivity index (χ1n) is 8.50. The summed E-state index contributed by atoms with van der Waals surface area (Å²) < 4.78 is 1.33. The fourth-order valence-corrected chi connectivity index (χ4v) is 2.71. The van der Waals surface area contributed by atoms with E-state index in [1.165, 1.54) is 16.5 Å². The largest absolute Gasteiger partial charge is 0.325 e. The van der Waals surface area contributed by atoms with Gasteiger partial charge in [-0.25, -0.2) is 4.98 Å². The molecule has 0 fully saturated rings. The number of unbranched alkanes of at least 4 members (excludes halogenated alkanes) is 1. The number of hydrogen-bond acceptors (Lipinski definition) is 3. The zero-order valence-corrected chi connectivity index (χ0v) is 14.2. The molecule has 2 aromatic carbocycles. The number of benzene rings is 2. The van der Waals surface area contributed by atoms with Crippen LogP contribution in [0.15, 0.2) is 59.7 Å². The molecule has 0 aliphatic carbocycles. The summed E-state index contributed by atoms with van der Waals surface area (Å²) in [6, 6.07) is 14.9. The smallest absolute Gasteiger partial charge is 0.261 e. The average molecular weight is 335 g/mol. The number of nitrogens with zero attached hydrogens (tertiary/aromatic N) is 2. The van der Waals surface area contributed by atoms with E-state index in [0.29, 0.717) is 10.9 Å². The predicted octanol–water partition coefficient (Wildman–Crippen LogP) is 3.38. The zero-order chi connectivity index (χ0) is 17.6. The minimum absolute atomic E-state index is 0.0613. The Morgan fingerprint density at radius 3 is 2.64 bits per heavy atom. The molecule has 3 aromatic rings. The second-order valence-corrected chi connectivity index (χ2v) is 6.04. The van der Waals surface area contributed by atoms with Crippen molar-refractivity contribution in [3.8, 4) is 0 Å². The zero-order valence-electron chi connectivity index (χ0n) is 14.2. The van der Waals surface area contributed by atoms with Crippen molar-refractivity contribution in [3.63, 3.8) is 0 Å². The number of carbonyl (C=O) groups excluding carboxylic acids is 1. The maximum absolute atomic E-state index is 12.4. The van der Waals surface area contributed by atoms with E-state index in [0.717, 1.165) is 24.9 Å². The summed E-state index contributed by atoms with van der Waals surface area (Å²) in [5.74, 6) is -0.250. The molecule has 0 saturated heterocycles. The fourth-order valence-electron chi connectivity index (χ4n) is 2.71. The van der Waals surface area contributed by atoms with Crippen LogP contribution in [0.1, 0.15) is 25.3 Å². The molecular formula is C20H21N3O2. The van der Waals surface area contributed by atoms with Crippen LogP contribution in [0.25, 0.3) is 10.9 Å². The molecule has 5 nitrogen and oxygen atoms in total. The Balaban J connectivity index is 1.68. The lowest BCUT2D eigenvalue weighted by molar-refractivity contribution is -0.116. The quantitative estimate of drug-likeness (QED) is 0.751. The highest BCUT2D eigenvalue weighted by Crippen LogP contribution is 2.12. The van der Waals surface area contributed by atoms with Crippen molar-refractivity contribution in [2.24, 2.45) is 0 Å². The number of aryl methyl sites for hydroxylation is 1. The molecule has 5 heteroatoms. The molecule has 0 aliphatic rings. The van der Waals surface area contributed by atoms with Gasteiger partial charge in [-0.1, -0.05) is 37.6 Å². The number of amides is 1. The Bertz CT molecular complexity index is 930. The molecule has 0 aliphatic heterocycles. The second kappa shape index (κ2) is 7.75. The van der Waals surface area contributed by atoms with Crippen LogP contribution in [0.2, 0.25) is 0 Å². The Morgan fingerprint density at radius 2 is 1.88 bits per heavy atom. The first-order valence-corrected chi connectivity index (χ1v) is 8.50. The molecule has 0 bridgehead atoms. The van der Waals surface area contributed by atoms with Gasteiger partial charge in [0.1, 0.15) is 6.54 Å². The standard InChI is InChI=1S/C20H21N3O2/c1-2-3-6-15-9-11-16(12-10-15)22-19(24)13-23-14-21-18-8-5-4-7-17(18)20(23)25/h4-5,7-12,14H,2-3,6,13H2,1H3,(H,22,24). The first kappa shape index (κ1) is 16.9. The van der Waals surface area contributed by atoms with Crippen molar-refractivity contribution in [1.29, 1.82) is 0 Å². The van der Waals surface area contributed by atoms with Gasteiger partial charge < -0.3 is 5.32 Å². The Labute approximate surface area is 146 Å². The highest BCUT2D eigenvalue weighted by Gasteiger charge is 2.08. The minimum atomic E-state index is -0.250. The van der Waals surface area contributed by atoms with Crippen molar-refractivity contribution in [2.45, 2.75) is 32.7 Å². The van der Waals surface area contributed by atoms with E-state index >= 15 is 0 Å². The van der Waals surface area contributed by atoms with E-state index in [4.69, 9.17) is 0 Å². The SMILES string of the molecule is CCCCc1ccc(NC(=O)Cn2cnc3ccccc3c2=O)cc1. The number of anilines is 1. The van der Waals surface area contributed by atoms with E-state index < -0.39 is 0 Å². The molecule has 1 aromatic heterocycles. The number of aromatic nitrogens is 2. The number of hydrogen-bond donors (Lipinski definition) is 1. The van der Waals surface area contributed by atoms with E-state index in [1.807, 2.05) is 30.3 Å². The maximum atomic E-state index is 12.4. The van der Waals surface area contributed by atoms with Gasteiger partial charge in [0.05, 0.1) is 17.2 Å². The number of para-hydroxylation sites is 1. The lowest BCUT2D eigenvalue weighted by atomic mass is 10.1. The third-order valence-corrected chi connectivity index (χ3v) is 4.10. The summed E-state index contributed by atoms with van der Waals surface area (Å²) in [4.78, 5) is 28.9. The van der Waals surface area contributed by atoms with Gasteiger partial charge in [0, 0.05) is 5.69 Å². The number of rotatable bonds is 6. The number of fused-ring (bicyclic) bond motifs is 1. The number of nitrogens with one attached hydrogen (secondary N) is 1. The second-order valence-electron chi connectivity index (χ2n) is 6.04. The summed E-state index contributed by atoms with van der Waals surface area (Å²) in [7, 11) is 0. The van der Waals surface area contributed by atoms with Crippen molar-refractivity contribution < 1.29 is 4.79 Å². The van der Waals surface area contributed by atoms with Gasteiger partial charge in [0.25, 0.3) is 5.56 Å².